The number of carbonyl (C=O) groups is 3. The van der Waals surface area contributed by atoms with E-state index in [2.05, 4.69) is 5.32 Å². The van der Waals surface area contributed by atoms with E-state index in [-0.39, 0.29) is 17.5 Å². The number of amides is 2. The fraction of sp³-hybridized carbons (Fsp3) is 0.250. The molecule has 4 rings (SSSR count). The molecule has 0 saturated heterocycles. The zero-order valence-corrected chi connectivity index (χ0v) is 21.3. The highest BCUT2D eigenvalue weighted by Crippen LogP contribution is 2.33. The van der Waals surface area contributed by atoms with Crippen LogP contribution in [-0.4, -0.2) is 30.5 Å². The van der Waals surface area contributed by atoms with Gasteiger partial charge >= 0.3 is 12.4 Å². The number of rotatable bonds is 4. The first kappa shape index (κ1) is 31.1. The number of aryl methyl sites for hydroxylation is 1. The van der Waals surface area contributed by atoms with Gasteiger partial charge in [0.1, 0.15) is 11.8 Å². The normalized spacial score (nSPS) is 13.8. The van der Waals surface area contributed by atoms with Crippen molar-refractivity contribution >= 4 is 23.5 Å². The second-order valence-corrected chi connectivity index (χ2v) is 9.01. The first-order valence-corrected chi connectivity index (χ1v) is 12.0. The van der Waals surface area contributed by atoms with E-state index in [1.54, 1.807) is 12.1 Å². The van der Waals surface area contributed by atoms with Gasteiger partial charge in [-0.1, -0.05) is 18.2 Å². The molecular formula is C28H22F7N2O4-. The molecule has 0 spiro atoms. The highest BCUT2D eigenvalue weighted by Gasteiger charge is 2.32. The van der Waals surface area contributed by atoms with E-state index in [9.17, 15) is 40.3 Å². The molecule has 0 aromatic heterocycles. The van der Waals surface area contributed by atoms with Crippen LogP contribution < -0.4 is 15.3 Å². The van der Waals surface area contributed by atoms with Crippen LogP contribution >= 0.6 is 0 Å². The molecule has 0 bridgehead atoms. The Bertz CT molecular complexity index is 1420. The monoisotopic (exact) mass is 583 g/mol. The van der Waals surface area contributed by atoms with Crippen LogP contribution in [0.2, 0.25) is 0 Å². The summed E-state index contributed by atoms with van der Waals surface area (Å²) in [5.41, 5.74) is 1.80. The lowest BCUT2D eigenvalue weighted by Gasteiger charge is -2.30. The van der Waals surface area contributed by atoms with Gasteiger partial charge in [0.2, 0.25) is 0 Å². The molecule has 0 fully saturated rings. The van der Waals surface area contributed by atoms with Gasteiger partial charge in [0.05, 0.1) is 11.6 Å². The number of aliphatic carboxylic acids is 1. The molecule has 218 valence electrons. The van der Waals surface area contributed by atoms with Crippen molar-refractivity contribution in [1.82, 2.24) is 5.32 Å². The number of carboxylic acids is 1. The van der Waals surface area contributed by atoms with E-state index in [0.717, 1.165) is 23.3 Å². The molecule has 1 aliphatic heterocycles. The molecule has 1 unspecified atom stereocenters. The second kappa shape index (κ2) is 12.4. The molecule has 13 heteroatoms. The SMILES string of the molecule is CC(NC(=O)c1ccc(F)cc1)c1ccc2c(c1)CCCN2C(=O)c1cccc(C(F)(F)F)c1.O=C([O-])C(F)(F)F. The summed E-state index contributed by atoms with van der Waals surface area (Å²) >= 11 is 0. The van der Waals surface area contributed by atoms with Gasteiger partial charge in [0, 0.05) is 23.4 Å². The summed E-state index contributed by atoms with van der Waals surface area (Å²) in [6.45, 7) is 2.22. The van der Waals surface area contributed by atoms with E-state index in [0.29, 0.717) is 30.6 Å². The van der Waals surface area contributed by atoms with Gasteiger partial charge in [-0.25, -0.2) is 4.39 Å². The number of anilines is 1. The van der Waals surface area contributed by atoms with Gasteiger partial charge in [0.25, 0.3) is 11.8 Å². The van der Waals surface area contributed by atoms with Crippen molar-refractivity contribution in [3.05, 3.63) is 100 Å². The molecular weight excluding hydrogens is 561 g/mol. The summed E-state index contributed by atoms with van der Waals surface area (Å²) in [6.07, 6.45) is -8.36. The van der Waals surface area contributed by atoms with E-state index >= 15 is 0 Å². The van der Waals surface area contributed by atoms with Crippen LogP contribution in [0.1, 0.15) is 56.8 Å². The molecule has 1 heterocycles. The van der Waals surface area contributed by atoms with Crippen molar-refractivity contribution in [1.29, 1.82) is 0 Å². The Morgan fingerprint density at radius 2 is 1.54 bits per heavy atom. The van der Waals surface area contributed by atoms with E-state index < -0.39 is 35.6 Å². The molecule has 1 atom stereocenters. The Morgan fingerprint density at radius 1 is 0.902 bits per heavy atom. The summed E-state index contributed by atoms with van der Waals surface area (Å²) in [6, 6.07) is 14.8. The summed E-state index contributed by atoms with van der Waals surface area (Å²) in [5.74, 6) is -4.26. The standard InChI is InChI=1S/C26H22F4N2O2.C2HF3O2/c1-16(31-24(33)17-7-10-22(27)11-8-17)18-9-12-23-19(14-18)5-3-13-32(23)25(34)20-4-2-6-21(15-20)26(28,29)30;3-2(4,5)1(6)7/h2,4,6-12,14-16H,3,5,13H2,1H3,(H,31,33);(H,6,7)/p-1. The number of nitrogens with zero attached hydrogens (tertiary/aromatic N) is 1. The molecule has 0 saturated carbocycles. The van der Waals surface area contributed by atoms with Crippen molar-refractivity contribution in [3.8, 4) is 0 Å². The van der Waals surface area contributed by atoms with Crippen molar-refractivity contribution < 1.29 is 50.2 Å². The number of nitrogens with one attached hydrogen (secondary N) is 1. The number of carbonyl (C=O) groups excluding carboxylic acids is 3. The Morgan fingerprint density at radius 3 is 2.12 bits per heavy atom. The number of halogens is 7. The fourth-order valence-electron chi connectivity index (χ4n) is 4.05. The lowest BCUT2D eigenvalue weighted by molar-refractivity contribution is -0.344. The number of benzene rings is 3. The minimum absolute atomic E-state index is 0.0216. The third kappa shape index (κ3) is 8.05. The fourth-order valence-corrected chi connectivity index (χ4v) is 4.05. The van der Waals surface area contributed by atoms with Gasteiger partial charge < -0.3 is 20.1 Å². The maximum atomic E-state index is 13.1. The summed E-state index contributed by atoms with van der Waals surface area (Å²) in [7, 11) is 0. The quantitative estimate of drug-likeness (QED) is 0.427. The van der Waals surface area contributed by atoms with Crippen LogP contribution in [0.15, 0.2) is 66.7 Å². The van der Waals surface area contributed by atoms with Crippen molar-refractivity contribution in [3.63, 3.8) is 0 Å². The topological polar surface area (TPSA) is 89.5 Å². The van der Waals surface area contributed by atoms with E-state index in [4.69, 9.17) is 9.90 Å². The number of alkyl halides is 6. The largest absolute Gasteiger partial charge is 0.542 e. The average molecular weight is 583 g/mol. The molecule has 3 aromatic rings. The van der Waals surface area contributed by atoms with Crippen LogP contribution in [0.5, 0.6) is 0 Å². The molecule has 3 aromatic carbocycles. The Kier molecular flexibility index (Phi) is 9.41. The van der Waals surface area contributed by atoms with Crippen molar-refractivity contribution in [2.75, 3.05) is 11.4 Å². The van der Waals surface area contributed by atoms with Crippen molar-refractivity contribution in [2.45, 2.75) is 38.2 Å². The van der Waals surface area contributed by atoms with Gasteiger partial charge in [-0.05, 0) is 79.4 Å². The van der Waals surface area contributed by atoms with Crippen molar-refractivity contribution in [2.24, 2.45) is 0 Å². The summed E-state index contributed by atoms with van der Waals surface area (Å²) < 4.78 is 83.9. The maximum Gasteiger partial charge on any atom is 0.430 e. The second-order valence-electron chi connectivity index (χ2n) is 9.01. The van der Waals surface area contributed by atoms with E-state index in [1.807, 2.05) is 13.0 Å². The summed E-state index contributed by atoms with van der Waals surface area (Å²) in [5, 5.41) is 11.7. The first-order chi connectivity index (χ1) is 19.1. The Labute approximate surface area is 229 Å². The van der Waals surface area contributed by atoms with Gasteiger partial charge in [-0.15, -0.1) is 0 Å². The highest BCUT2D eigenvalue weighted by molar-refractivity contribution is 6.07. The minimum Gasteiger partial charge on any atom is -0.542 e. The molecule has 2 amide bonds. The zero-order chi connectivity index (χ0) is 30.5. The molecule has 1 N–H and O–H groups in total. The predicted molar refractivity (Wildman–Crippen MR) is 131 cm³/mol. The minimum atomic E-state index is -5.19. The highest BCUT2D eigenvalue weighted by atomic mass is 19.4. The van der Waals surface area contributed by atoms with Crippen LogP contribution in [0, 0.1) is 5.82 Å². The number of fused-ring (bicyclic) bond motifs is 1. The predicted octanol–water partition coefficient (Wildman–Crippen LogP) is 5.23. The van der Waals surface area contributed by atoms with Crippen LogP contribution in [0.25, 0.3) is 0 Å². The average Bonchev–Trinajstić information content (AvgIpc) is 2.91. The Balaban J connectivity index is 0.000000587. The summed E-state index contributed by atoms with van der Waals surface area (Å²) in [4.78, 5) is 35.8. The Hall–Kier alpha value is -4.42. The van der Waals surface area contributed by atoms with Gasteiger partial charge in [-0.3, -0.25) is 9.59 Å². The molecule has 0 aliphatic carbocycles. The lowest BCUT2D eigenvalue weighted by Crippen LogP contribution is -2.37. The first-order valence-electron chi connectivity index (χ1n) is 12.0. The smallest absolute Gasteiger partial charge is 0.430 e. The van der Waals surface area contributed by atoms with E-state index in [1.165, 1.54) is 41.3 Å². The third-order valence-corrected chi connectivity index (χ3v) is 6.09. The zero-order valence-electron chi connectivity index (χ0n) is 21.3. The van der Waals surface area contributed by atoms with Crippen LogP contribution in [-0.2, 0) is 17.4 Å². The third-order valence-electron chi connectivity index (χ3n) is 6.09. The number of hydrogen-bond donors (Lipinski definition) is 1. The number of carboxylic acid groups (broad SMARTS) is 1. The van der Waals surface area contributed by atoms with Gasteiger partial charge in [0.15, 0.2) is 0 Å². The van der Waals surface area contributed by atoms with Crippen LogP contribution in [0.3, 0.4) is 0 Å². The van der Waals surface area contributed by atoms with Crippen LogP contribution in [0.4, 0.5) is 36.4 Å². The number of hydrogen-bond acceptors (Lipinski definition) is 4. The molecule has 6 nitrogen and oxygen atoms in total. The molecule has 0 radical (unpaired) electrons. The lowest BCUT2D eigenvalue weighted by atomic mass is 9.96. The molecule has 1 aliphatic rings. The molecule has 41 heavy (non-hydrogen) atoms. The maximum absolute atomic E-state index is 13.1. The van der Waals surface area contributed by atoms with Gasteiger partial charge in [-0.2, -0.15) is 26.3 Å².